The summed E-state index contributed by atoms with van der Waals surface area (Å²) < 4.78 is 0. The van der Waals surface area contributed by atoms with Crippen molar-refractivity contribution >= 4 is 52.4 Å². The predicted molar refractivity (Wildman–Crippen MR) is 197 cm³/mol. The number of carbonyl (C=O) groups is 3. The number of nitrogens with zero attached hydrogens (tertiary/aromatic N) is 6. The normalized spacial score (nSPS) is 19.8. The smallest absolute Gasteiger partial charge is 0.237 e. The Kier molecular flexibility index (Phi) is 10.0. The maximum absolute atomic E-state index is 14.0. The zero-order valence-corrected chi connectivity index (χ0v) is 28.6. The van der Waals surface area contributed by atoms with E-state index in [0.717, 1.165) is 17.5 Å². The molecule has 4 heterocycles. The fourth-order valence-electron chi connectivity index (χ4n) is 7.01. The lowest BCUT2D eigenvalue weighted by Crippen LogP contribution is -2.43. The quantitative estimate of drug-likeness (QED) is 0.127. The van der Waals surface area contributed by atoms with Crippen LogP contribution in [0.3, 0.4) is 0 Å². The maximum Gasteiger partial charge on any atom is 0.237 e. The molecule has 2 amide bonds. The molecule has 5 N–H and O–H groups in total. The molecule has 1 spiro atoms. The standard InChI is InChI=1S/C38H43N9O3/c1-3-33(48)32-11-8-28(21-43-32)35(40)30-20-29(9-10-31(30)39)47-19-15-38(37(47)50)14-18-45(23-38)22-34(49)46-16-12-26(13-17-46)25-4-6-27(7-5-25)36(41)44-24-42-2/h4-12,20-21,24,40H,3,13-19,22-23,39H2,1-2H3,(H2,41,42,44)/t38-/m0/s1. The highest BCUT2D eigenvalue weighted by molar-refractivity contribution is 6.15. The van der Waals surface area contributed by atoms with E-state index in [-0.39, 0.29) is 29.9 Å². The molecule has 3 aromatic rings. The van der Waals surface area contributed by atoms with Crippen LogP contribution in [0, 0.1) is 10.8 Å². The minimum Gasteiger partial charge on any atom is -0.398 e. The van der Waals surface area contributed by atoms with Gasteiger partial charge in [0.05, 0.1) is 17.7 Å². The second-order valence-corrected chi connectivity index (χ2v) is 13.1. The summed E-state index contributed by atoms with van der Waals surface area (Å²) in [7, 11) is 1.64. The van der Waals surface area contributed by atoms with Crippen LogP contribution in [0.15, 0.2) is 76.9 Å². The van der Waals surface area contributed by atoms with Gasteiger partial charge in [0.25, 0.3) is 0 Å². The number of aromatic nitrogens is 1. The molecule has 12 nitrogen and oxygen atoms in total. The van der Waals surface area contributed by atoms with Gasteiger partial charge in [-0.2, -0.15) is 0 Å². The third-order valence-corrected chi connectivity index (χ3v) is 10.0. The van der Waals surface area contributed by atoms with E-state index in [1.165, 1.54) is 18.1 Å². The topological polar surface area (TPSA) is 174 Å². The molecule has 1 atom stereocenters. The Morgan fingerprint density at radius 2 is 1.80 bits per heavy atom. The molecule has 3 aliphatic heterocycles. The minimum atomic E-state index is -0.542. The Morgan fingerprint density at radius 1 is 1.04 bits per heavy atom. The van der Waals surface area contributed by atoms with Crippen molar-refractivity contribution in [3.63, 3.8) is 0 Å². The van der Waals surface area contributed by atoms with E-state index >= 15 is 0 Å². The summed E-state index contributed by atoms with van der Waals surface area (Å²) >= 11 is 0. The van der Waals surface area contributed by atoms with Crippen molar-refractivity contribution in [2.75, 3.05) is 56.9 Å². The molecule has 0 bridgehead atoms. The van der Waals surface area contributed by atoms with E-state index in [2.05, 4.69) is 25.9 Å². The largest absolute Gasteiger partial charge is 0.398 e. The van der Waals surface area contributed by atoms with Gasteiger partial charge in [0.15, 0.2) is 5.78 Å². The third kappa shape index (κ3) is 6.97. The molecule has 3 aliphatic rings. The number of hydrogen-bond acceptors (Lipinski definition) is 8. The van der Waals surface area contributed by atoms with Crippen molar-refractivity contribution in [1.82, 2.24) is 14.8 Å². The number of nitrogens with two attached hydrogens (primary N) is 2. The highest BCUT2D eigenvalue weighted by Gasteiger charge is 2.51. The van der Waals surface area contributed by atoms with Gasteiger partial charge in [-0.25, -0.2) is 4.99 Å². The first-order valence-electron chi connectivity index (χ1n) is 17.0. The number of Topliss-reactive ketones (excluding diaryl/α,β-unsaturated/α-hetero) is 1. The van der Waals surface area contributed by atoms with Crippen LogP contribution in [0.4, 0.5) is 11.4 Å². The molecular weight excluding hydrogens is 630 g/mol. The lowest BCUT2D eigenvalue weighted by atomic mass is 9.85. The number of hydrogen-bond donors (Lipinski definition) is 3. The zero-order valence-electron chi connectivity index (χ0n) is 28.6. The van der Waals surface area contributed by atoms with E-state index in [4.69, 9.17) is 16.9 Å². The van der Waals surface area contributed by atoms with E-state index < -0.39 is 5.41 Å². The van der Waals surface area contributed by atoms with Crippen molar-refractivity contribution in [3.8, 4) is 0 Å². The number of aliphatic imine (C=N–C) groups is 2. The molecule has 0 radical (unpaired) electrons. The summed E-state index contributed by atoms with van der Waals surface area (Å²) in [5.41, 5.74) is 17.6. The number of nitrogens with one attached hydrogen (secondary N) is 1. The summed E-state index contributed by atoms with van der Waals surface area (Å²) in [5, 5.41) is 8.82. The van der Waals surface area contributed by atoms with Gasteiger partial charge in [-0.3, -0.25) is 34.7 Å². The van der Waals surface area contributed by atoms with Gasteiger partial charge in [0, 0.05) is 73.9 Å². The van der Waals surface area contributed by atoms with Crippen molar-refractivity contribution < 1.29 is 14.4 Å². The fraction of sp³-hybridized carbons (Fsp3) is 0.342. The lowest BCUT2D eigenvalue weighted by molar-refractivity contribution is -0.132. The summed E-state index contributed by atoms with van der Waals surface area (Å²) in [6.07, 6.45) is 7.56. The Labute approximate surface area is 292 Å². The number of carbonyl (C=O) groups excluding carboxylic acids is 3. The number of rotatable bonds is 10. The van der Waals surface area contributed by atoms with Crippen LogP contribution in [0.25, 0.3) is 5.57 Å². The average Bonchev–Trinajstić information content (AvgIpc) is 3.71. The van der Waals surface area contributed by atoms with Gasteiger partial charge < -0.3 is 21.3 Å². The molecule has 2 aromatic carbocycles. The van der Waals surface area contributed by atoms with E-state index in [1.54, 1.807) is 43.1 Å². The first kappa shape index (κ1) is 34.4. The van der Waals surface area contributed by atoms with Crippen LogP contribution >= 0.6 is 0 Å². The molecule has 258 valence electrons. The molecule has 2 fully saturated rings. The molecule has 12 heteroatoms. The molecule has 0 saturated carbocycles. The summed E-state index contributed by atoms with van der Waals surface area (Å²) in [4.78, 5) is 57.2. The molecule has 0 aliphatic carbocycles. The number of ketones is 1. The van der Waals surface area contributed by atoms with Gasteiger partial charge in [0.2, 0.25) is 11.8 Å². The SMILES string of the molecule is CCC(=O)c1ccc(C(=N)c2cc(N3CC[C@]4(CCN(CC(=O)N5CC=C(c6ccc(C(N)=NC=NC)cc6)CC5)C4)C3=O)ccc2N)cn1. The lowest BCUT2D eigenvalue weighted by Gasteiger charge is -2.29. The number of amides is 2. The highest BCUT2D eigenvalue weighted by atomic mass is 16.2. The minimum absolute atomic E-state index is 0.0434. The van der Waals surface area contributed by atoms with Crippen molar-refractivity contribution in [1.29, 1.82) is 5.41 Å². The molecular formula is C38H43N9O3. The van der Waals surface area contributed by atoms with E-state index in [1.807, 2.05) is 35.2 Å². The number of benzene rings is 2. The Hall–Kier alpha value is -5.49. The molecule has 6 rings (SSSR count). The fourth-order valence-corrected chi connectivity index (χ4v) is 7.01. The van der Waals surface area contributed by atoms with Crippen LogP contribution in [0.5, 0.6) is 0 Å². The van der Waals surface area contributed by atoms with Crippen LogP contribution in [-0.4, -0.2) is 96.6 Å². The molecule has 1 aromatic heterocycles. The third-order valence-electron chi connectivity index (χ3n) is 10.0. The van der Waals surface area contributed by atoms with Gasteiger partial charge >= 0.3 is 0 Å². The first-order chi connectivity index (χ1) is 24.1. The summed E-state index contributed by atoms with van der Waals surface area (Å²) in [6.45, 7) is 5.03. The number of likely N-dealkylation sites (tertiary alicyclic amines) is 1. The van der Waals surface area contributed by atoms with Gasteiger partial charge in [-0.1, -0.05) is 37.3 Å². The first-order valence-corrected chi connectivity index (χ1v) is 17.0. The van der Waals surface area contributed by atoms with Crippen LogP contribution in [0.2, 0.25) is 0 Å². The number of nitrogen functional groups attached to an aromatic ring is 1. The van der Waals surface area contributed by atoms with Gasteiger partial charge in [0.1, 0.15) is 17.9 Å². The second kappa shape index (κ2) is 14.6. The number of anilines is 2. The summed E-state index contributed by atoms with van der Waals surface area (Å²) in [5.74, 6) is 0.461. The average molecular weight is 674 g/mol. The van der Waals surface area contributed by atoms with Crippen molar-refractivity contribution in [2.45, 2.75) is 32.6 Å². The van der Waals surface area contributed by atoms with Gasteiger partial charge in [-0.05, 0) is 67.3 Å². The van der Waals surface area contributed by atoms with Crippen molar-refractivity contribution in [2.24, 2.45) is 21.1 Å². The van der Waals surface area contributed by atoms with Crippen molar-refractivity contribution in [3.05, 3.63) is 94.8 Å². The maximum atomic E-state index is 14.0. The number of pyridine rings is 1. The highest BCUT2D eigenvalue weighted by Crippen LogP contribution is 2.43. The van der Waals surface area contributed by atoms with E-state index in [9.17, 15) is 14.4 Å². The van der Waals surface area contributed by atoms with Crippen LogP contribution in [0.1, 0.15) is 65.3 Å². The van der Waals surface area contributed by atoms with Gasteiger partial charge in [-0.15, -0.1) is 0 Å². The molecule has 0 unspecified atom stereocenters. The monoisotopic (exact) mass is 673 g/mol. The predicted octanol–water partition coefficient (Wildman–Crippen LogP) is 3.78. The zero-order chi connectivity index (χ0) is 35.4. The van der Waals surface area contributed by atoms with Crippen LogP contribution < -0.4 is 16.4 Å². The number of amidine groups is 1. The second-order valence-electron chi connectivity index (χ2n) is 13.1. The Bertz CT molecular complexity index is 1900. The Balaban J connectivity index is 1.05. The summed E-state index contributed by atoms with van der Waals surface area (Å²) in [6, 6.07) is 16.6. The van der Waals surface area contributed by atoms with E-state index in [0.29, 0.717) is 86.0 Å². The molecule has 2 saturated heterocycles. The molecule has 50 heavy (non-hydrogen) atoms. The van der Waals surface area contributed by atoms with Crippen LogP contribution in [-0.2, 0) is 9.59 Å². The Morgan fingerprint density at radius 3 is 2.48 bits per heavy atom.